The third-order valence-electron chi connectivity index (χ3n) is 6.39. The van der Waals surface area contributed by atoms with E-state index in [1.807, 2.05) is 54.9 Å². The molecule has 1 aliphatic rings. The van der Waals surface area contributed by atoms with E-state index in [-0.39, 0.29) is 11.9 Å². The fourth-order valence-corrected chi connectivity index (χ4v) is 4.99. The third kappa shape index (κ3) is 4.34. The Hall–Kier alpha value is -3.49. The van der Waals surface area contributed by atoms with Gasteiger partial charge in [0.2, 0.25) is 0 Å². The smallest absolute Gasteiger partial charge is 0.251 e. The normalized spacial score (nSPS) is 16.2. The molecule has 0 radical (unpaired) electrons. The number of carbonyl (C=O) groups is 1. The molecule has 0 aliphatic carbocycles. The number of H-pyrrole nitrogens is 2. The van der Waals surface area contributed by atoms with Gasteiger partial charge in [-0.15, -0.1) is 0 Å². The van der Waals surface area contributed by atoms with Crippen LogP contribution in [0.3, 0.4) is 0 Å². The van der Waals surface area contributed by atoms with Crippen molar-refractivity contribution in [1.29, 1.82) is 0 Å². The van der Waals surface area contributed by atoms with Crippen molar-refractivity contribution >= 4 is 34.1 Å². The Bertz CT molecular complexity index is 1300. The van der Waals surface area contributed by atoms with Gasteiger partial charge in [-0.1, -0.05) is 48.5 Å². The van der Waals surface area contributed by atoms with E-state index in [4.69, 9.17) is 18.0 Å². The van der Waals surface area contributed by atoms with Crippen LogP contribution in [0.1, 0.15) is 17.8 Å². The number of nitrogens with one attached hydrogen (secondary N) is 2. The van der Waals surface area contributed by atoms with Gasteiger partial charge in [0.1, 0.15) is 11.9 Å². The van der Waals surface area contributed by atoms with Crippen LogP contribution in [0.5, 0.6) is 0 Å². The number of amides is 1. The largest absolute Gasteiger partial charge is 0.361 e. The first-order valence-electron chi connectivity index (χ1n) is 11.6. The molecule has 4 N–H and O–H groups in total. The summed E-state index contributed by atoms with van der Waals surface area (Å²) in [6.45, 7) is 1.72. The van der Waals surface area contributed by atoms with E-state index >= 15 is 0 Å². The maximum atomic E-state index is 13.4. The van der Waals surface area contributed by atoms with Gasteiger partial charge in [-0.3, -0.25) is 9.69 Å². The van der Waals surface area contributed by atoms with Crippen molar-refractivity contribution in [3.05, 3.63) is 78.4 Å². The van der Waals surface area contributed by atoms with E-state index in [1.54, 1.807) is 4.90 Å². The number of hydrogen-bond donors (Lipinski definition) is 3. The second-order valence-electron chi connectivity index (χ2n) is 8.55. The predicted molar refractivity (Wildman–Crippen MR) is 138 cm³/mol. The van der Waals surface area contributed by atoms with Gasteiger partial charge in [-0.25, -0.2) is 4.98 Å². The number of imidazole rings is 1. The Kier molecular flexibility index (Phi) is 6.42. The summed E-state index contributed by atoms with van der Waals surface area (Å²) >= 11 is 5.77. The van der Waals surface area contributed by atoms with Crippen molar-refractivity contribution in [3.8, 4) is 11.3 Å². The van der Waals surface area contributed by atoms with Crippen LogP contribution >= 0.6 is 12.2 Å². The molecule has 0 saturated carbocycles. The third-order valence-corrected chi connectivity index (χ3v) is 6.84. The van der Waals surface area contributed by atoms with Gasteiger partial charge >= 0.3 is 0 Å². The molecule has 8 heteroatoms. The van der Waals surface area contributed by atoms with Crippen molar-refractivity contribution in [3.63, 3.8) is 0 Å². The van der Waals surface area contributed by atoms with E-state index in [2.05, 4.69) is 32.0 Å². The van der Waals surface area contributed by atoms with E-state index < -0.39 is 0 Å². The van der Waals surface area contributed by atoms with Crippen molar-refractivity contribution in [1.82, 2.24) is 24.8 Å². The zero-order chi connectivity index (χ0) is 23.5. The molecule has 3 heterocycles. The molecule has 1 saturated heterocycles. The van der Waals surface area contributed by atoms with Gasteiger partial charge in [-0.2, -0.15) is 0 Å². The topological polar surface area (TPSA) is 94.0 Å². The summed E-state index contributed by atoms with van der Waals surface area (Å²) in [5, 5.41) is 1.78. The van der Waals surface area contributed by atoms with Crippen LogP contribution in [0.2, 0.25) is 0 Å². The van der Waals surface area contributed by atoms with Crippen LogP contribution in [-0.4, -0.2) is 61.4 Å². The zero-order valence-electron chi connectivity index (χ0n) is 18.9. The molecular formula is C26H28N6OS. The van der Waals surface area contributed by atoms with E-state index in [9.17, 15) is 4.79 Å². The van der Waals surface area contributed by atoms with E-state index in [0.717, 1.165) is 29.0 Å². The highest BCUT2D eigenvalue weighted by Gasteiger charge is 2.42. The lowest BCUT2D eigenvalue weighted by Crippen LogP contribution is -2.38. The SMILES string of the molecule is NCCCN1C(=O)C(Cc2ncc(-c3ccccc3)[nH]2)N(CCc2c[nH]c3ccccc23)C1=S. The number of aromatic nitrogens is 3. The summed E-state index contributed by atoms with van der Waals surface area (Å²) in [5.41, 5.74) is 10.0. The quantitative estimate of drug-likeness (QED) is 0.324. The molecular weight excluding hydrogens is 444 g/mol. The Balaban J connectivity index is 1.37. The van der Waals surface area contributed by atoms with E-state index in [0.29, 0.717) is 37.6 Å². The molecule has 1 aliphatic heterocycles. The lowest BCUT2D eigenvalue weighted by molar-refractivity contribution is -0.128. The number of aromatic amines is 2. The molecule has 34 heavy (non-hydrogen) atoms. The minimum Gasteiger partial charge on any atom is -0.361 e. The van der Waals surface area contributed by atoms with Crippen molar-refractivity contribution in [2.24, 2.45) is 5.73 Å². The van der Waals surface area contributed by atoms with Crippen molar-refractivity contribution in [2.45, 2.75) is 25.3 Å². The number of thiocarbonyl (C=S) groups is 1. The lowest BCUT2D eigenvalue weighted by atomic mass is 10.1. The molecule has 1 unspecified atom stereocenters. The van der Waals surface area contributed by atoms with Gasteiger partial charge < -0.3 is 20.6 Å². The predicted octanol–water partition coefficient (Wildman–Crippen LogP) is 3.49. The van der Waals surface area contributed by atoms with Crippen LogP contribution in [0.15, 0.2) is 67.0 Å². The molecule has 0 bridgehead atoms. The lowest BCUT2D eigenvalue weighted by Gasteiger charge is -2.23. The zero-order valence-corrected chi connectivity index (χ0v) is 19.7. The summed E-state index contributed by atoms with van der Waals surface area (Å²) < 4.78 is 0. The number of carbonyl (C=O) groups excluding carboxylic acids is 1. The summed E-state index contributed by atoms with van der Waals surface area (Å²) in [5.74, 6) is 0.799. The van der Waals surface area contributed by atoms with Crippen LogP contribution in [0.25, 0.3) is 22.2 Å². The van der Waals surface area contributed by atoms with Crippen LogP contribution in [-0.2, 0) is 17.6 Å². The monoisotopic (exact) mass is 472 g/mol. The Morgan fingerprint density at radius 1 is 1.06 bits per heavy atom. The van der Waals surface area contributed by atoms with Gasteiger partial charge in [0.05, 0.1) is 11.9 Å². The molecule has 174 valence electrons. The van der Waals surface area contributed by atoms with Gasteiger partial charge in [-0.05, 0) is 48.8 Å². The average molecular weight is 473 g/mol. The average Bonchev–Trinajstić information content (AvgIpc) is 3.56. The molecule has 0 spiro atoms. The first kappa shape index (κ1) is 22.3. The van der Waals surface area contributed by atoms with Crippen molar-refractivity contribution < 1.29 is 4.79 Å². The highest BCUT2D eigenvalue weighted by Crippen LogP contribution is 2.25. The van der Waals surface area contributed by atoms with Crippen LogP contribution in [0.4, 0.5) is 0 Å². The minimum absolute atomic E-state index is 0.0232. The molecule has 1 fully saturated rings. The van der Waals surface area contributed by atoms with Crippen LogP contribution < -0.4 is 5.73 Å². The number of fused-ring (bicyclic) bond motifs is 1. The number of benzene rings is 2. The maximum absolute atomic E-state index is 13.4. The summed E-state index contributed by atoms with van der Waals surface area (Å²) in [7, 11) is 0. The number of hydrogen-bond acceptors (Lipinski definition) is 4. The second kappa shape index (κ2) is 9.79. The molecule has 1 atom stereocenters. The standard InChI is InChI=1S/C26H28N6OS/c27-12-6-13-32-25(33)23(15-24-29-17-22(30-24)18-7-2-1-3-8-18)31(26(32)34)14-11-19-16-28-21-10-5-4-9-20(19)21/h1-5,7-10,16-17,23,28H,6,11-15,27H2,(H,29,30). The highest BCUT2D eigenvalue weighted by atomic mass is 32.1. The minimum atomic E-state index is -0.384. The molecule has 2 aromatic carbocycles. The summed E-state index contributed by atoms with van der Waals surface area (Å²) in [6.07, 6.45) is 5.84. The second-order valence-corrected chi connectivity index (χ2v) is 8.91. The Morgan fingerprint density at radius 3 is 2.68 bits per heavy atom. The fraction of sp³-hybridized carbons (Fsp3) is 0.269. The Morgan fingerprint density at radius 2 is 1.85 bits per heavy atom. The first-order valence-corrected chi connectivity index (χ1v) is 12.0. The van der Waals surface area contributed by atoms with Gasteiger partial charge in [0.25, 0.3) is 5.91 Å². The summed E-state index contributed by atoms with van der Waals surface area (Å²) in [6, 6.07) is 17.9. The number of nitrogens with two attached hydrogens (primary N) is 1. The molecule has 7 nitrogen and oxygen atoms in total. The molecule has 4 aromatic rings. The number of para-hydroxylation sites is 1. The Labute approximate surface area is 204 Å². The highest BCUT2D eigenvalue weighted by molar-refractivity contribution is 7.80. The molecule has 5 rings (SSSR count). The first-order chi connectivity index (χ1) is 16.7. The van der Waals surface area contributed by atoms with Gasteiger partial charge in [0.15, 0.2) is 5.11 Å². The number of rotatable bonds is 9. The van der Waals surface area contributed by atoms with Crippen molar-refractivity contribution in [2.75, 3.05) is 19.6 Å². The van der Waals surface area contributed by atoms with Crippen LogP contribution in [0, 0.1) is 0 Å². The molecule has 1 amide bonds. The maximum Gasteiger partial charge on any atom is 0.251 e. The van der Waals surface area contributed by atoms with Gasteiger partial charge in [0, 0.05) is 36.6 Å². The summed E-state index contributed by atoms with van der Waals surface area (Å²) in [4.78, 5) is 28.4. The number of nitrogens with zero attached hydrogens (tertiary/aromatic N) is 3. The fourth-order valence-electron chi connectivity index (χ4n) is 4.59. The van der Waals surface area contributed by atoms with E-state index in [1.165, 1.54) is 10.9 Å². The molecule has 2 aromatic heterocycles.